The molecule has 1 amide bonds. The number of aromatic nitrogens is 4. The minimum atomic E-state index is -0.909. The number of carbonyl (C=O) groups is 2. The van der Waals surface area contributed by atoms with E-state index < -0.39 is 12.0 Å². The Morgan fingerprint density at radius 1 is 1.07 bits per heavy atom. The number of carbonyl (C=O) groups excluding carboxylic acids is 1. The number of amides is 1. The summed E-state index contributed by atoms with van der Waals surface area (Å²) in [6.07, 6.45) is 5.86. The Morgan fingerprint density at radius 3 is 2.62 bits per heavy atom. The summed E-state index contributed by atoms with van der Waals surface area (Å²) >= 11 is 0. The number of anilines is 1. The molecular formula is C21H17N5O3. The predicted octanol–water partition coefficient (Wildman–Crippen LogP) is 3.14. The van der Waals surface area contributed by atoms with Crippen LogP contribution in [-0.4, -0.2) is 36.5 Å². The van der Waals surface area contributed by atoms with E-state index in [-0.39, 0.29) is 18.0 Å². The molecular weight excluding hydrogens is 370 g/mol. The Kier molecular flexibility index (Phi) is 4.98. The van der Waals surface area contributed by atoms with E-state index in [1.54, 1.807) is 24.5 Å². The molecule has 4 rings (SSSR count). The SMILES string of the molecule is O=C(O)CC(c1ccccc1)n1cnc2ccc(NC(=O)c3cnccn3)cc21. The molecule has 4 aromatic rings. The van der Waals surface area contributed by atoms with Crippen molar-refractivity contribution in [3.05, 3.63) is 84.7 Å². The number of nitrogens with one attached hydrogen (secondary N) is 1. The van der Waals surface area contributed by atoms with E-state index in [1.807, 2.05) is 34.9 Å². The van der Waals surface area contributed by atoms with Gasteiger partial charge in [0.25, 0.3) is 5.91 Å². The zero-order valence-corrected chi connectivity index (χ0v) is 15.3. The van der Waals surface area contributed by atoms with Gasteiger partial charge >= 0.3 is 5.97 Å². The van der Waals surface area contributed by atoms with E-state index in [9.17, 15) is 14.7 Å². The first-order valence-corrected chi connectivity index (χ1v) is 8.92. The Hall–Kier alpha value is -4.07. The molecule has 2 N–H and O–H groups in total. The summed E-state index contributed by atoms with van der Waals surface area (Å²) < 4.78 is 1.82. The molecule has 1 atom stereocenters. The highest BCUT2D eigenvalue weighted by Crippen LogP contribution is 2.28. The van der Waals surface area contributed by atoms with E-state index in [4.69, 9.17) is 0 Å². The molecule has 0 radical (unpaired) electrons. The monoisotopic (exact) mass is 387 g/mol. The molecule has 0 aliphatic carbocycles. The number of hydrogen-bond donors (Lipinski definition) is 2. The lowest BCUT2D eigenvalue weighted by atomic mass is 10.0. The summed E-state index contributed by atoms with van der Waals surface area (Å²) in [7, 11) is 0. The first kappa shape index (κ1) is 18.3. The van der Waals surface area contributed by atoms with Crippen molar-refractivity contribution in [1.82, 2.24) is 19.5 Å². The van der Waals surface area contributed by atoms with Crippen LogP contribution < -0.4 is 5.32 Å². The van der Waals surface area contributed by atoms with Crippen LogP contribution >= 0.6 is 0 Å². The molecule has 0 saturated carbocycles. The molecule has 0 fully saturated rings. The second kappa shape index (κ2) is 7.89. The Bertz CT molecular complexity index is 1160. The number of carboxylic acids is 1. The van der Waals surface area contributed by atoms with Gasteiger partial charge in [-0.3, -0.25) is 14.6 Å². The van der Waals surface area contributed by atoms with Crippen LogP contribution in [0, 0.1) is 0 Å². The number of rotatable bonds is 6. The van der Waals surface area contributed by atoms with Crippen LogP contribution in [0.15, 0.2) is 73.4 Å². The van der Waals surface area contributed by atoms with Crippen molar-refractivity contribution in [2.24, 2.45) is 0 Å². The normalized spacial score (nSPS) is 11.9. The molecule has 0 spiro atoms. The smallest absolute Gasteiger partial charge is 0.305 e. The van der Waals surface area contributed by atoms with Gasteiger partial charge in [-0.15, -0.1) is 0 Å². The first-order valence-electron chi connectivity index (χ1n) is 8.92. The molecule has 0 aliphatic rings. The second-order valence-electron chi connectivity index (χ2n) is 6.42. The highest BCUT2D eigenvalue weighted by molar-refractivity contribution is 6.03. The van der Waals surface area contributed by atoms with E-state index >= 15 is 0 Å². The van der Waals surface area contributed by atoms with Gasteiger partial charge in [0.05, 0.1) is 36.0 Å². The van der Waals surface area contributed by atoms with Crippen molar-refractivity contribution >= 4 is 28.6 Å². The van der Waals surface area contributed by atoms with Gasteiger partial charge in [-0.2, -0.15) is 0 Å². The molecule has 2 heterocycles. The third kappa shape index (κ3) is 3.96. The molecule has 8 heteroatoms. The lowest BCUT2D eigenvalue weighted by molar-refractivity contribution is -0.137. The maximum Gasteiger partial charge on any atom is 0.305 e. The highest BCUT2D eigenvalue weighted by atomic mass is 16.4. The van der Waals surface area contributed by atoms with Crippen LogP contribution in [0.25, 0.3) is 11.0 Å². The standard InChI is InChI=1S/C21H17N5O3/c27-20(28)11-18(14-4-2-1-3-5-14)26-13-24-16-7-6-15(10-19(16)26)25-21(29)17-12-22-8-9-23-17/h1-10,12-13,18H,11H2,(H,25,29)(H,27,28). The number of nitrogens with zero attached hydrogens (tertiary/aromatic N) is 4. The van der Waals surface area contributed by atoms with Gasteiger partial charge in [0.15, 0.2) is 0 Å². The van der Waals surface area contributed by atoms with Gasteiger partial charge in [0.2, 0.25) is 0 Å². The van der Waals surface area contributed by atoms with Crippen LogP contribution in [0.4, 0.5) is 5.69 Å². The molecule has 0 aliphatic heterocycles. The fraction of sp³-hybridized carbons (Fsp3) is 0.0952. The maximum absolute atomic E-state index is 12.4. The molecule has 0 bridgehead atoms. The number of imidazole rings is 1. The lowest BCUT2D eigenvalue weighted by Gasteiger charge is -2.18. The van der Waals surface area contributed by atoms with E-state index in [0.717, 1.165) is 11.1 Å². The number of benzene rings is 2. The third-order valence-electron chi connectivity index (χ3n) is 4.52. The molecule has 8 nitrogen and oxygen atoms in total. The summed E-state index contributed by atoms with van der Waals surface area (Å²) in [5, 5.41) is 12.2. The summed E-state index contributed by atoms with van der Waals surface area (Å²) in [6, 6.07) is 14.3. The minimum Gasteiger partial charge on any atom is -0.481 e. The Labute approximate surface area is 165 Å². The highest BCUT2D eigenvalue weighted by Gasteiger charge is 2.20. The van der Waals surface area contributed by atoms with Crippen LogP contribution in [0.3, 0.4) is 0 Å². The van der Waals surface area contributed by atoms with E-state index in [2.05, 4.69) is 20.3 Å². The van der Waals surface area contributed by atoms with Crippen molar-refractivity contribution in [3.63, 3.8) is 0 Å². The van der Waals surface area contributed by atoms with Crippen molar-refractivity contribution < 1.29 is 14.7 Å². The summed E-state index contributed by atoms with van der Waals surface area (Å²) in [4.78, 5) is 36.1. The van der Waals surface area contributed by atoms with Gasteiger partial charge in [0.1, 0.15) is 5.69 Å². The number of fused-ring (bicyclic) bond motifs is 1. The quantitative estimate of drug-likeness (QED) is 0.526. The van der Waals surface area contributed by atoms with Crippen LogP contribution in [0.2, 0.25) is 0 Å². The molecule has 1 unspecified atom stereocenters. The van der Waals surface area contributed by atoms with Crippen LogP contribution in [0.5, 0.6) is 0 Å². The van der Waals surface area contributed by atoms with Crippen molar-refractivity contribution in [2.75, 3.05) is 5.32 Å². The number of aliphatic carboxylic acids is 1. The maximum atomic E-state index is 12.4. The van der Waals surface area contributed by atoms with E-state index in [1.165, 1.54) is 18.6 Å². The zero-order chi connectivity index (χ0) is 20.2. The summed E-state index contributed by atoms with van der Waals surface area (Å²) in [5.41, 5.74) is 3.04. The minimum absolute atomic E-state index is 0.0916. The fourth-order valence-electron chi connectivity index (χ4n) is 3.18. The van der Waals surface area contributed by atoms with Gasteiger partial charge in [0, 0.05) is 18.1 Å². The van der Waals surface area contributed by atoms with Gasteiger partial charge < -0.3 is 15.0 Å². The van der Waals surface area contributed by atoms with Crippen LogP contribution in [-0.2, 0) is 4.79 Å². The largest absolute Gasteiger partial charge is 0.481 e. The summed E-state index contributed by atoms with van der Waals surface area (Å²) in [5.74, 6) is -1.29. The molecule has 29 heavy (non-hydrogen) atoms. The van der Waals surface area contributed by atoms with Crippen molar-refractivity contribution in [2.45, 2.75) is 12.5 Å². The van der Waals surface area contributed by atoms with Gasteiger partial charge in [-0.1, -0.05) is 30.3 Å². The average Bonchev–Trinajstić information content (AvgIpc) is 3.16. The van der Waals surface area contributed by atoms with Crippen molar-refractivity contribution in [1.29, 1.82) is 0 Å². The molecule has 144 valence electrons. The van der Waals surface area contributed by atoms with E-state index in [0.29, 0.717) is 11.2 Å². The second-order valence-corrected chi connectivity index (χ2v) is 6.42. The lowest BCUT2D eigenvalue weighted by Crippen LogP contribution is -2.15. The first-order chi connectivity index (χ1) is 14.1. The molecule has 2 aromatic carbocycles. The van der Waals surface area contributed by atoms with Gasteiger partial charge in [-0.05, 0) is 23.8 Å². The number of carboxylic acid groups (broad SMARTS) is 1. The molecule has 0 saturated heterocycles. The number of hydrogen-bond acceptors (Lipinski definition) is 5. The Morgan fingerprint density at radius 2 is 1.90 bits per heavy atom. The van der Waals surface area contributed by atoms with Crippen LogP contribution in [0.1, 0.15) is 28.5 Å². The third-order valence-corrected chi connectivity index (χ3v) is 4.52. The fourth-order valence-corrected chi connectivity index (χ4v) is 3.18. The van der Waals surface area contributed by atoms with Gasteiger partial charge in [-0.25, -0.2) is 9.97 Å². The summed E-state index contributed by atoms with van der Waals surface area (Å²) in [6.45, 7) is 0. The van der Waals surface area contributed by atoms with Crippen molar-refractivity contribution in [3.8, 4) is 0 Å². The molecule has 2 aromatic heterocycles. The predicted molar refractivity (Wildman–Crippen MR) is 107 cm³/mol. The zero-order valence-electron chi connectivity index (χ0n) is 15.3. The topological polar surface area (TPSA) is 110 Å². The average molecular weight is 387 g/mol. The Balaban J connectivity index is 1.70.